The molecular formula is C11H11BrClN3OS. The first-order valence-corrected chi connectivity index (χ1v) is 7.68. The average Bonchev–Trinajstić information content (AvgIpc) is 2.73. The van der Waals surface area contributed by atoms with Crippen LogP contribution in [-0.4, -0.2) is 34.3 Å². The Morgan fingerprint density at radius 1 is 1.50 bits per heavy atom. The van der Waals surface area contributed by atoms with Crippen LogP contribution in [-0.2, 0) is 0 Å². The van der Waals surface area contributed by atoms with Crippen LogP contribution in [0.25, 0.3) is 10.3 Å². The number of aliphatic hydroxyl groups is 1. The lowest BCUT2D eigenvalue weighted by atomic mass is 10.1. The molecule has 1 aliphatic rings. The molecule has 4 nitrogen and oxygen atoms in total. The molecule has 0 radical (unpaired) electrons. The number of halogens is 2. The molecule has 1 unspecified atom stereocenters. The molecule has 3 heterocycles. The number of fused-ring (bicyclic) bond motifs is 1. The zero-order chi connectivity index (χ0) is 12.7. The Kier molecular flexibility index (Phi) is 3.44. The van der Waals surface area contributed by atoms with Gasteiger partial charge in [-0.15, -0.1) is 0 Å². The third-order valence-corrected chi connectivity index (χ3v) is 5.12. The van der Waals surface area contributed by atoms with Gasteiger partial charge >= 0.3 is 0 Å². The maximum Gasteiger partial charge on any atom is 0.188 e. The third kappa shape index (κ3) is 2.34. The zero-order valence-corrected chi connectivity index (χ0v) is 12.6. The predicted octanol–water partition coefficient (Wildman–Crippen LogP) is 3.07. The van der Waals surface area contributed by atoms with Crippen molar-refractivity contribution in [3.8, 4) is 0 Å². The lowest BCUT2D eigenvalue weighted by Gasteiger charge is -2.29. The minimum absolute atomic E-state index is 0.256. The van der Waals surface area contributed by atoms with Crippen molar-refractivity contribution in [2.75, 3.05) is 18.0 Å². The van der Waals surface area contributed by atoms with Crippen LogP contribution in [0.3, 0.4) is 0 Å². The molecule has 1 atom stereocenters. The quantitative estimate of drug-likeness (QED) is 0.805. The molecule has 7 heteroatoms. The maximum absolute atomic E-state index is 9.69. The fraction of sp³-hybridized carbons (Fsp3) is 0.455. The number of piperidine rings is 1. The third-order valence-electron chi connectivity index (χ3n) is 2.95. The van der Waals surface area contributed by atoms with Gasteiger partial charge in [0.1, 0.15) is 5.15 Å². The molecule has 0 spiro atoms. The predicted molar refractivity (Wildman–Crippen MR) is 77.6 cm³/mol. The Balaban J connectivity index is 1.97. The standard InChI is InChI=1S/C11H11BrClN3OS/c12-7-4-8-10(14-9(7)13)15-11(18-8)16-3-1-2-6(17)5-16/h4,6,17H,1-3,5H2. The summed E-state index contributed by atoms with van der Waals surface area (Å²) in [5.41, 5.74) is 0.670. The Labute approximate surface area is 122 Å². The number of hydrogen-bond acceptors (Lipinski definition) is 5. The molecule has 1 fully saturated rings. The van der Waals surface area contributed by atoms with E-state index in [0.717, 1.165) is 33.7 Å². The van der Waals surface area contributed by atoms with Crippen LogP contribution >= 0.6 is 38.9 Å². The number of hydrogen-bond donors (Lipinski definition) is 1. The Bertz CT molecular complexity index is 552. The van der Waals surface area contributed by atoms with Gasteiger partial charge in [0, 0.05) is 13.1 Å². The van der Waals surface area contributed by atoms with Gasteiger partial charge in [-0.25, -0.2) is 4.98 Å². The smallest absolute Gasteiger partial charge is 0.188 e. The van der Waals surface area contributed by atoms with Gasteiger partial charge in [-0.1, -0.05) is 22.9 Å². The van der Waals surface area contributed by atoms with Crippen molar-refractivity contribution in [3.05, 3.63) is 15.7 Å². The van der Waals surface area contributed by atoms with Crippen molar-refractivity contribution in [1.29, 1.82) is 0 Å². The molecule has 2 aromatic heterocycles. The molecule has 0 aliphatic carbocycles. The second-order valence-corrected chi connectivity index (χ2v) is 6.54. The number of pyridine rings is 1. The molecule has 1 N–H and O–H groups in total. The van der Waals surface area contributed by atoms with Crippen LogP contribution in [0, 0.1) is 0 Å². The van der Waals surface area contributed by atoms with E-state index in [-0.39, 0.29) is 6.10 Å². The van der Waals surface area contributed by atoms with Gasteiger partial charge < -0.3 is 10.0 Å². The molecule has 0 bridgehead atoms. The van der Waals surface area contributed by atoms with Crippen LogP contribution in [0.15, 0.2) is 10.5 Å². The van der Waals surface area contributed by atoms with Gasteiger partial charge in [-0.2, -0.15) is 4.98 Å². The molecule has 2 aromatic rings. The highest BCUT2D eigenvalue weighted by atomic mass is 79.9. The molecule has 0 amide bonds. The van der Waals surface area contributed by atoms with Crippen LogP contribution in [0.1, 0.15) is 12.8 Å². The molecule has 1 saturated heterocycles. The number of rotatable bonds is 1. The Hall–Kier alpha value is -0.430. The van der Waals surface area contributed by atoms with Gasteiger partial charge in [0.05, 0.1) is 15.3 Å². The van der Waals surface area contributed by atoms with Gasteiger partial charge in [-0.3, -0.25) is 0 Å². The minimum Gasteiger partial charge on any atom is -0.391 e. The molecule has 1 aliphatic heterocycles. The van der Waals surface area contributed by atoms with E-state index in [0.29, 0.717) is 17.3 Å². The Morgan fingerprint density at radius 3 is 3.11 bits per heavy atom. The number of β-amino-alcohol motifs (C(OH)–C–C–N with tert-alkyl or cyclic N) is 1. The number of nitrogens with zero attached hydrogens (tertiary/aromatic N) is 3. The monoisotopic (exact) mass is 347 g/mol. The van der Waals surface area contributed by atoms with E-state index in [1.165, 1.54) is 0 Å². The van der Waals surface area contributed by atoms with Crippen LogP contribution < -0.4 is 4.90 Å². The summed E-state index contributed by atoms with van der Waals surface area (Å²) < 4.78 is 1.78. The topological polar surface area (TPSA) is 49.2 Å². The SMILES string of the molecule is OC1CCCN(c2nc3nc(Cl)c(Br)cc3s2)C1. The molecular weight excluding hydrogens is 338 g/mol. The van der Waals surface area contributed by atoms with Crippen molar-refractivity contribution in [1.82, 2.24) is 9.97 Å². The largest absolute Gasteiger partial charge is 0.391 e. The highest BCUT2D eigenvalue weighted by Crippen LogP contribution is 2.33. The second kappa shape index (κ2) is 4.92. The lowest BCUT2D eigenvalue weighted by Crippen LogP contribution is -2.38. The van der Waals surface area contributed by atoms with Gasteiger partial charge in [-0.05, 0) is 34.8 Å². The maximum atomic E-state index is 9.69. The molecule has 0 aromatic carbocycles. The van der Waals surface area contributed by atoms with Crippen molar-refractivity contribution < 1.29 is 5.11 Å². The van der Waals surface area contributed by atoms with E-state index < -0.39 is 0 Å². The van der Waals surface area contributed by atoms with E-state index in [1.807, 2.05) is 6.07 Å². The van der Waals surface area contributed by atoms with E-state index in [4.69, 9.17) is 11.6 Å². The van der Waals surface area contributed by atoms with Gasteiger partial charge in [0.2, 0.25) is 0 Å². The van der Waals surface area contributed by atoms with Crippen molar-refractivity contribution >= 4 is 54.3 Å². The highest BCUT2D eigenvalue weighted by Gasteiger charge is 2.21. The normalized spacial score (nSPS) is 20.6. The first kappa shape index (κ1) is 12.6. The van der Waals surface area contributed by atoms with Crippen molar-refractivity contribution in [3.63, 3.8) is 0 Å². The van der Waals surface area contributed by atoms with Crippen LogP contribution in [0.2, 0.25) is 5.15 Å². The summed E-state index contributed by atoms with van der Waals surface area (Å²) in [6.45, 7) is 1.58. The fourth-order valence-electron chi connectivity index (χ4n) is 2.07. The first-order chi connectivity index (χ1) is 8.63. The summed E-state index contributed by atoms with van der Waals surface area (Å²) in [5.74, 6) is 0. The van der Waals surface area contributed by atoms with E-state index >= 15 is 0 Å². The minimum atomic E-state index is -0.256. The summed E-state index contributed by atoms with van der Waals surface area (Å²) >= 11 is 10.9. The summed E-state index contributed by atoms with van der Waals surface area (Å²) in [6, 6.07) is 1.94. The van der Waals surface area contributed by atoms with Crippen molar-refractivity contribution in [2.24, 2.45) is 0 Å². The molecule has 18 heavy (non-hydrogen) atoms. The van der Waals surface area contributed by atoms with Gasteiger partial charge in [0.25, 0.3) is 0 Å². The number of aromatic nitrogens is 2. The molecule has 3 rings (SSSR count). The summed E-state index contributed by atoms with van der Waals surface area (Å²) in [4.78, 5) is 10.8. The van der Waals surface area contributed by atoms with E-state index in [2.05, 4.69) is 30.8 Å². The lowest BCUT2D eigenvalue weighted by molar-refractivity contribution is 0.154. The highest BCUT2D eigenvalue weighted by molar-refractivity contribution is 9.10. The first-order valence-electron chi connectivity index (χ1n) is 5.69. The fourth-order valence-corrected chi connectivity index (χ4v) is 3.66. The average molecular weight is 349 g/mol. The van der Waals surface area contributed by atoms with E-state index in [9.17, 15) is 5.11 Å². The zero-order valence-electron chi connectivity index (χ0n) is 9.44. The summed E-state index contributed by atoms with van der Waals surface area (Å²) in [6.07, 6.45) is 1.61. The van der Waals surface area contributed by atoms with Gasteiger partial charge in [0.15, 0.2) is 10.8 Å². The van der Waals surface area contributed by atoms with Crippen LogP contribution in [0.5, 0.6) is 0 Å². The Morgan fingerprint density at radius 2 is 2.33 bits per heavy atom. The summed E-state index contributed by atoms with van der Waals surface area (Å²) in [5, 5.41) is 11.0. The van der Waals surface area contributed by atoms with Crippen molar-refractivity contribution in [2.45, 2.75) is 18.9 Å². The van der Waals surface area contributed by atoms with Crippen LogP contribution in [0.4, 0.5) is 5.13 Å². The number of aliphatic hydroxyl groups excluding tert-OH is 1. The number of anilines is 1. The van der Waals surface area contributed by atoms with E-state index in [1.54, 1.807) is 11.3 Å². The molecule has 96 valence electrons. The summed E-state index contributed by atoms with van der Waals surface area (Å²) in [7, 11) is 0. The second-order valence-electron chi connectivity index (χ2n) is 4.32. The number of thiazole rings is 1. The molecule has 0 saturated carbocycles.